The zero-order chi connectivity index (χ0) is 13.4. The zero-order valence-electron chi connectivity index (χ0n) is 11.4. The first kappa shape index (κ1) is 15.0. The zero-order valence-corrected chi connectivity index (χ0v) is 11.4. The van der Waals surface area contributed by atoms with Gasteiger partial charge in [-0.2, -0.15) is 0 Å². The van der Waals surface area contributed by atoms with Crippen molar-refractivity contribution in [3.8, 4) is 5.75 Å². The average Bonchev–Trinajstić information content (AvgIpc) is 2.37. The Morgan fingerprint density at radius 3 is 2.44 bits per heavy atom. The number of aliphatic hydroxyl groups excluding tert-OH is 1. The molecule has 1 aromatic rings. The van der Waals surface area contributed by atoms with Gasteiger partial charge >= 0.3 is 0 Å². The number of hydrogen-bond acceptors (Lipinski definition) is 3. The molecule has 0 spiro atoms. The lowest BCUT2D eigenvalue weighted by Crippen LogP contribution is -2.32. The van der Waals surface area contributed by atoms with Gasteiger partial charge in [0.05, 0.1) is 0 Å². The quantitative estimate of drug-likeness (QED) is 0.664. The summed E-state index contributed by atoms with van der Waals surface area (Å²) in [6, 6.07) is 7.77. The SMILES string of the molecule is CCC(CCO)CNC(C)Cc1ccc(O)cc1. The Kier molecular flexibility index (Phi) is 6.76. The molecule has 18 heavy (non-hydrogen) atoms. The second-order valence-electron chi connectivity index (χ2n) is 4.97. The minimum absolute atomic E-state index is 0.270. The van der Waals surface area contributed by atoms with E-state index in [1.807, 2.05) is 12.1 Å². The summed E-state index contributed by atoms with van der Waals surface area (Å²) in [5.74, 6) is 0.866. The van der Waals surface area contributed by atoms with Crippen LogP contribution in [0.5, 0.6) is 5.75 Å². The summed E-state index contributed by atoms with van der Waals surface area (Å²) < 4.78 is 0. The second-order valence-corrected chi connectivity index (χ2v) is 4.97. The van der Waals surface area contributed by atoms with Gasteiger partial charge in [-0.05, 0) is 49.9 Å². The number of benzene rings is 1. The molecule has 3 nitrogen and oxygen atoms in total. The van der Waals surface area contributed by atoms with E-state index in [4.69, 9.17) is 5.11 Å². The molecule has 0 radical (unpaired) electrons. The normalized spacial score (nSPS) is 14.4. The lowest BCUT2D eigenvalue weighted by Gasteiger charge is -2.19. The van der Waals surface area contributed by atoms with E-state index in [9.17, 15) is 5.11 Å². The standard InChI is InChI=1S/C15H25NO2/c1-3-13(8-9-17)11-16-12(2)10-14-4-6-15(18)7-5-14/h4-7,12-13,16-18H,3,8-11H2,1-2H3. The smallest absolute Gasteiger partial charge is 0.115 e. The summed E-state index contributed by atoms with van der Waals surface area (Å²) in [5, 5.41) is 21.7. The summed E-state index contributed by atoms with van der Waals surface area (Å²) >= 11 is 0. The number of nitrogens with one attached hydrogen (secondary N) is 1. The third-order valence-electron chi connectivity index (χ3n) is 3.35. The fraction of sp³-hybridized carbons (Fsp3) is 0.600. The number of aromatic hydroxyl groups is 1. The molecule has 0 amide bonds. The van der Waals surface area contributed by atoms with Crippen LogP contribution in [0.4, 0.5) is 0 Å². The summed E-state index contributed by atoms with van der Waals surface area (Å²) in [7, 11) is 0. The summed E-state index contributed by atoms with van der Waals surface area (Å²) in [5.41, 5.74) is 1.23. The van der Waals surface area contributed by atoms with E-state index in [1.165, 1.54) is 5.56 Å². The first-order valence-electron chi connectivity index (χ1n) is 6.77. The van der Waals surface area contributed by atoms with Crippen molar-refractivity contribution in [2.75, 3.05) is 13.2 Å². The van der Waals surface area contributed by atoms with Crippen LogP contribution in [0, 0.1) is 5.92 Å². The molecule has 0 aliphatic rings. The van der Waals surface area contributed by atoms with Crippen molar-refractivity contribution in [2.24, 2.45) is 5.92 Å². The molecule has 3 N–H and O–H groups in total. The fourth-order valence-corrected chi connectivity index (χ4v) is 2.06. The Hall–Kier alpha value is -1.06. The molecule has 0 heterocycles. The van der Waals surface area contributed by atoms with Crippen LogP contribution in [-0.4, -0.2) is 29.4 Å². The van der Waals surface area contributed by atoms with Gasteiger partial charge < -0.3 is 15.5 Å². The van der Waals surface area contributed by atoms with Crippen LogP contribution in [0.15, 0.2) is 24.3 Å². The molecular weight excluding hydrogens is 226 g/mol. The number of aliphatic hydroxyl groups is 1. The van der Waals surface area contributed by atoms with Crippen molar-refractivity contribution in [1.29, 1.82) is 0 Å². The molecular formula is C15H25NO2. The molecule has 2 atom stereocenters. The predicted octanol–water partition coefficient (Wildman–Crippen LogP) is 2.32. The summed E-state index contributed by atoms with van der Waals surface area (Å²) in [6.45, 7) is 5.55. The minimum Gasteiger partial charge on any atom is -0.508 e. The highest BCUT2D eigenvalue weighted by atomic mass is 16.3. The van der Waals surface area contributed by atoms with E-state index in [0.29, 0.717) is 17.7 Å². The van der Waals surface area contributed by atoms with Crippen molar-refractivity contribution in [3.63, 3.8) is 0 Å². The van der Waals surface area contributed by atoms with Crippen LogP contribution < -0.4 is 5.32 Å². The number of rotatable bonds is 8. The van der Waals surface area contributed by atoms with Crippen LogP contribution in [0.2, 0.25) is 0 Å². The second kappa shape index (κ2) is 8.11. The first-order valence-corrected chi connectivity index (χ1v) is 6.77. The van der Waals surface area contributed by atoms with Crippen LogP contribution in [-0.2, 0) is 6.42 Å². The van der Waals surface area contributed by atoms with Gasteiger partial charge in [0.25, 0.3) is 0 Å². The van der Waals surface area contributed by atoms with Crippen molar-refractivity contribution in [3.05, 3.63) is 29.8 Å². The van der Waals surface area contributed by atoms with Crippen molar-refractivity contribution < 1.29 is 10.2 Å². The van der Waals surface area contributed by atoms with Crippen molar-refractivity contribution in [1.82, 2.24) is 5.32 Å². The van der Waals surface area contributed by atoms with Gasteiger partial charge in [-0.1, -0.05) is 25.5 Å². The topological polar surface area (TPSA) is 52.5 Å². The molecule has 1 aromatic carbocycles. The maximum Gasteiger partial charge on any atom is 0.115 e. The molecule has 1 rings (SSSR count). The highest BCUT2D eigenvalue weighted by Crippen LogP contribution is 2.12. The number of phenols is 1. The van der Waals surface area contributed by atoms with E-state index in [-0.39, 0.29) is 6.61 Å². The van der Waals surface area contributed by atoms with E-state index in [1.54, 1.807) is 12.1 Å². The molecule has 0 saturated heterocycles. The molecule has 0 aliphatic carbocycles. The van der Waals surface area contributed by atoms with E-state index in [0.717, 1.165) is 25.8 Å². The van der Waals surface area contributed by atoms with Gasteiger partial charge in [-0.15, -0.1) is 0 Å². The van der Waals surface area contributed by atoms with Crippen LogP contribution >= 0.6 is 0 Å². The highest BCUT2D eigenvalue weighted by molar-refractivity contribution is 5.26. The van der Waals surface area contributed by atoms with Gasteiger partial charge in [-0.3, -0.25) is 0 Å². The molecule has 3 heteroatoms. The molecule has 0 bridgehead atoms. The summed E-state index contributed by atoms with van der Waals surface area (Å²) in [6.07, 6.45) is 2.92. The van der Waals surface area contributed by atoms with E-state index in [2.05, 4.69) is 19.2 Å². The molecule has 2 unspecified atom stereocenters. The summed E-state index contributed by atoms with van der Waals surface area (Å²) in [4.78, 5) is 0. The van der Waals surface area contributed by atoms with Crippen LogP contribution in [0.25, 0.3) is 0 Å². The van der Waals surface area contributed by atoms with Crippen LogP contribution in [0.1, 0.15) is 32.3 Å². The highest BCUT2D eigenvalue weighted by Gasteiger charge is 2.08. The molecule has 0 aliphatic heterocycles. The van der Waals surface area contributed by atoms with Crippen molar-refractivity contribution in [2.45, 2.75) is 39.2 Å². The Morgan fingerprint density at radius 2 is 1.89 bits per heavy atom. The monoisotopic (exact) mass is 251 g/mol. The van der Waals surface area contributed by atoms with Gasteiger partial charge in [0, 0.05) is 12.6 Å². The molecule has 0 saturated carbocycles. The number of phenolic OH excluding ortho intramolecular Hbond substituents is 1. The largest absolute Gasteiger partial charge is 0.508 e. The fourth-order valence-electron chi connectivity index (χ4n) is 2.06. The van der Waals surface area contributed by atoms with Gasteiger partial charge in [0.1, 0.15) is 5.75 Å². The Bertz CT molecular complexity index is 324. The average molecular weight is 251 g/mol. The Balaban J connectivity index is 2.32. The molecule has 0 fully saturated rings. The lowest BCUT2D eigenvalue weighted by atomic mass is 10.0. The Labute approximate surface area is 110 Å². The van der Waals surface area contributed by atoms with Crippen LogP contribution in [0.3, 0.4) is 0 Å². The predicted molar refractivity (Wildman–Crippen MR) is 74.8 cm³/mol. The Morgan fingerprint density at radius 1 is 1.22 bits per heavy atom. The first-order chi connectivity index (χ1) is 8.65. The third-order valence-corrected chi connectivity index (χ3v) is 3.35. The van der Waals surface area contributed by atoms with Gasteiger partial charge in [0.2, 0.25) is 0 Å². The molecule has 102 valence electrons. The number of hydrogen-bond donors (Lipinski definition) is 3. The van der Waals surface area contributed by atoms with E-state index < -0.39 is 0 Å². The maximum atomic E-state index is 9.22. The molecule has 0 aromatic heterocycles. The van der Waals surface area contributed by atoms with Gasteiger partial charge in [-0.25, -0.2) is 0 Å². The van der Waals surface area contributed by atoms with Gasteiger partial charge in [0.15, 0.2) is 0 Å². The van der Waals surface area contributed by atoms with E-state index >= 15 is 0 Å². The third kappa shape index (κ3) is 5.52. The minimum atomic E-state index is 0.270. The van der Waals surface area contributed by atoms with Crippen molar-refractivity contribution >= 4 is 0 Å². The maximum absolute atomic E-state index is 9.22. The lowest BCUT2D eigenvalue weighted by molar-refractivity contribution is 0.249.